The van der Waals surface area contributed by atoms with Gasteiger partial charge in [0.05, 0.1) is 21.7 Å². The molecule has 0 radical (unpaired) electrons. The standard InChI is InChI=1S/C16H16ClN3O2S2/c1-2-14-11-6-8-24-15(11)5-7-19(14)16(23)18-13-9-10(20(21)22)3-4-12(13)17/h3-4,6,8-9,14H,2,5,7H2,1H3,(H,18,23)/t14-/m1/s1. The van der Waals surface area contributed by atoms with E-state index in [1.807, 2.05) is 0 Å². The predicted octanol–water partition coefficient (Wildman–Crippen LogP) is 5.02. The van der Waals surface area contributed by atoms with Gasteiger partial charge in [0.2, 0.25) is 0 Å². The molecule has 3 rings (SSSR count). The van der Waals surface area contributed by atoms with Crippen molar-refractivity contribution in [3.05, 3.63) is 55.2 Å². The zero-order valence-corrected chi connectivity index (χ0v) is 15.4. The van der Waals surface area contributed by atoms with Crippen molar-refractivity contribution in [1.29, 1.82) is 0 Å². The molecule has 0 aliphatic carbocycles. The molecular formula is C16H16ClN3O2S2. The van der Waals surface area contributed by atoms with Crippen LogP contribution < -0.4 is 5.32 Å². The van der Waals surface area contributed by atoms with Gasteiger partial charge in [0.25, 0.3) is 5.69 Å². The molecule has 8 heteroatoms. The summed E-state index contributed by atoms with van der Waals surface area (Å²) in [6, 6.07) is 6.68. The minimum Gasteiger partial charge on any atom is -0.342 e. The van der Waals surface area contributed by atoms with Crippen LogP contribution in [0.5, 0.6) is 0 Å². The number of nitrogens with one attached hydrogen (secondary N) is 1. The van der Waals surface area contributed by atoms with Gasteiger partial charge < -0.3 is 10.2 Å². The molecule has 126 valence electrons. The van der Waals surface area contributed by atoms with Crippen LogP contribution in [0.1, 0.15) is 29.8 Å². The van der Waals surface area contributed by atoms with E-state index in [2.05, 4.69) is 28.6 Å². The first-order chi connectivity index (χ1) is 11.5. The lowest BCUT2D eigenvalue weighted by atomic mass is 9.98. The molecule has 1 aromatic heterocycles. The van der Waals surface area contributed by atoms with Gasteiger partial charge in [0.1, 0.15) is 0 Å². The molecule has 5 nitrogen and oxygen atoms in total. The third-order valence-electron chi connectivity index (χ3n) is 4.14. The Balaban J connectivity index is 1.83. The average Bonchev–Trinajstić information content (AvgIpc) is 3.04. The van der Waals surface area contributed by atoms with Crippen LogP contribution in [0.3, 0.4) is 0 Å². The fourth-order valence-corrected chi connectivity index (χ4v) is 4.41. The van der Waals surface area contributed by atoms with E-state index in [9.17, 15) is 10.1 Å². The number of thiocarbonyl (C=S) groups is 1. The summed E-state index contributed by atoms with van der Waals surface area (Å²) in [6.45, 7) is 2.96. The fourth-order valence-electron chi connectivity index (χ4n) is 2.99. The number of nitro groups is 1. The number of fused-ring (bicyclic) bond motifs is 1. The first kappa shape index (κ1) is 17.1. The second-order valence-electron chi connectivity index (χ2n) is 5.52. The van der Waals surface area contributed by atoms with Crippen LogP contribution in [-0.4, -0.2) is 21.5 Å². The zero-order chi connectivity index (χ0) is 17.3. The molecule has 0 saturated carbocycles. The van der Waals surface area contributed by atoms with Crippen molar-refractivity contribution in [2.45, 2.75) is 25.8 Å². The summed E-state index contributed by atoms with van der Waals surface area (Å²) in [5.41, 5.74) is 1.76. The molecule has 0 spiro atoms. The van der Waals surface area contributed by atoms with E-state index in [0.29, 0.717) is 15.8 Å². The van der Waals surface area contributed by atoms with Crippen LogP contribution in [0.4, 0.5) is 11.4 Å². The third kappa shape index (κ3) is 3.24. The van der Waals surface area contributed by atoms with Gasteiger partial charge in [0.15, 0.2) is 5.11 Å². The Morgan fingerprint density at radius 1 is 1.54 bits per heavy atom. The van der Waals surface area contributed by atoms with Gasteiger partial charge >= 0.3 is 0 Å². The van der Waals surface area contributed by atoms with Crippen molar-refractivity contribution < 1.29 is 4.92 Å². The van der Waals surface area contributed by atoms with E-state index >= 15 is 0 Å². The number of rotatable bonds is 3. The molecule has 24 heavy (non-hydrogen) atoms. The highest BCUT2D eigenvalue weighted by Gasteiger charge is 2.28. The van der Waals surface area contributed by atoms with Gasteiger partial charge in [-0.1, -0.05) is 18.5 Å². The number of thiophene rings is 1. The van der Waals surface area contributed by atoms with Gasteiger partial charge in [0, 0.05) is 23.6 Å². The largest absolute Gasteiger partial charge is 0.342 e. The van der Waals surface area contributed by atoms with Gasteiger partial charge in [-0.3, -0.25) is 10.1 Å². The Bertz CT molecular complexity index is 793. The van der Waals surface area contributed by atoms with E-state index in [4.69, 9.17) is 23.8 Å². The highest BCUT2D eigenvalue weighted by molar-refractivity contribution is 7.80. The molecule has 1 aliphatic heterocycles. The predicted molar refractivity (Wildman–Crippen MR) is 102 cm³/mol. The van der Waals surface area contributed by atoms with Crippen LogP contribution in [0.15, 0.2) is 29.6 Å². The average molecular weight is 382 g/mol. The summed E-state index contributed by atoms with van der Waals surface area (Å²) < 4.78 is 0. The second kappa shape index (κ2) is 7.04. The van der Waals surface area contributed by atoms with E-state index in [1.165, 1.54) is 28.6 Å². The van der Waals surface area contributed by atoms with Crippen LogP contribution in [0, 0.1) is 10.1 Å². The van der Waals surface area contributed by atoms with Crippen molar-refractivity contribution in [2.24, 2.45) is 0 Å². The number of halogens is 1. The van der Waals surface area contributed by atoms with E-state index in [1.54, 1.807) is 11.3 Å². The van der Waals surface area contributed by atoms with Crippen molar-refractivity contribution in [3.63, 3.8) is 0 Å². The highest BCUT2D eigenvalue weighted by Crippen LogP contribution is 2.36. The number of benzene rings is 1. The third-order valence-corrected chi connectivity index (χ3v) is 5.81. The second-order valence-corrected chi connectivity index (χ2v) is 7.31. The van der Waals surface area contributed by atoms with Crippen molar-refractivity contribution in [1.82, 2.24) is 4.90 Å². The maximum absolute atomic E-state index is 11.0. The number of nitrogens with zero attached hydrogens (tertiary/aromatic N) is 2. The lowest BCUT2D eigenvalue weighted by Crippen LogP contribution is -2.41. The minimum atomic E-state index is -0.446. The summed E-state index contributed by atoms with van der Waals surface area (Å²) >= 11 is 13.5. The maximum atomic E-state index is 11.0. The molecule has 1 aliphatic rings. The Morgan fingerprint density at radius 2 is 2.33 bits per heavy atom. The summed E-state index contributed by atoms with van der Waals surface area (Å²) in [7, 11) is 0. The highest BCUT2D eigenvalue weighted by atomic mass is 35.5. The van der Waals surface area contributed by atoms with Crippen LogP contribution in [0.2, 0.25) is 5.02 Å². The number of anilines is 1. The van der Waals surface area contributed by atoms with Crippen molar-refractivity contribution >= 4 is 51.6 Å². The summed E-state index contributed by atoms with van der Waals surface area (Å²) in [5, 5.41) is 17.1. The van der Waals surface area contributed by atoms with E-state index in [-0.39, 0.29) is 11.7 Å². The minimum absolute atomic E-state index is 0.0180. The molecule has 1 aromatic carbocycles. The summed E-state index contributed by atoms with van der Waals surface area (Å²) in [6.07, 6.45) is 1.89. The first-order valence-corrected chi connectivity index (χ1v) is 9.25. The fraction of sp³-hybridized carbons (Fsp3) is 0.312. The SMILES string of the molecule is CC[C@@H]1c2ccsc2CCN1C(=S)Nc1cc([N+](=O)[O-])ccc1Cl. The Morgan fingerprint density at radius 3 is 3.04 bits per heavy atom. The van der Waals surface area contributed by atoms with Crippen molar-refractivity contribution in [3.8, 4) is 0 Å². The topological polar surface area (TPSA) is 58.4 Å². The number of nitro benzene ring substituents is 1. The lowest BCUT2D eigenvalue weighted by Gasteiger charge is -2.37. The first-order valence-electron chi connectivity index (χ1n) is 7.59. The number of non-ortho nitro benzene ring substituents is 1. The van der Waals surface area contributed by atoms with Crippen LogP contribution >= 0.6 is 35.2 Å². The van der Waals surface area contributed by atoms with Gasteiger partial charge in [-0.2, -0.15) is 0 Å². The molecule has 0 bridgehead atoms. The molecule has 0 amide bonds. The van der Waals surface area contributed by atoms with Gasteiger partial charge in [-0.25, -0.2) is 0 Å². The molecule has 0 fully saturated rings. The number of hydrogen-bond acceptors (Lipinski definition) is 4. The Hall–Kier alpha value is -1.70. The zero-order valence-electron chi connectivity index (χ0n) is 13.0. The summed E-state index contributed by atoms with van der Waals surface area (Å²) in [4.78, 5) is 14.1. The van der Waals surface area contributed by atoms with E-state index in [0.717, 1.165) is 19.4 Å². The lowest BCUT2D eigenvalue weighted by molar-refractivity contribution is -0.384. The molecule has 0 unspecified atom stereocenters. The van der Waals surface area contributed by atoms with Crippen LogP contribution in [-0.2, 0) is 6.42 Å². The maximum Gasteiger partial charge on any atom is 0.271 e. The molecule has 2 aromatic rings. The molecule has 1 atom stereocenters. The molecular weight excluding hydrogens is 366 g/mol. The van der Waals surface area contributed by atoms with Gasteiger partial charge in [-0.15, -0.1) is 11.3 Å². The molecule has 2 heterocycles. The Kier molecular flexibility index (Phi) is 5.03. The molecule has 1 N–H and O–H groups in total. The van der Waals surface area contributed by atoms with Gasteiger partial charge in [-0.05, 0) is 48.1 Å². The smallest absolute Gasteiger partial charge is 0.271 e. The number of hydrogen-bond donors (Lipinski definition) is 1. The van der Waals surface area contributed by atoms with E-state index < -0.39 is 4.92 Å². The quantitative estimate of drug-likeness (QED) is 0.459. The summed E-state index contributed by atoms with van der Waals surface area (Å²) in [5.74, 6) is 0. The van der Waals surface area contributed by atoms with Crippen molar-refractivity contribution in [2.75, 3.05) is 11.9 Å². The molecule has 0 saturated heterocycles. The Labute approximate surface area is 154 Å². The van der Waals surface area contributed by atoms with Crippen LogP contribution in [0.25, 0.3) is 0 Å². The normalized spacial score (nSPS) is 16.6. The monoisotopic (exact) mass is 381 g/mol.